The Kier molecular flexibility index (Phi) is 5.05. The monoisotopic (exact) mass is 387 g/mol. The van der Waals surface area contributed by atoms with E-state index in [1.54, 1.807) is 0 Å². The number of nitrogens with zero attached hydrogens (tertiary/aromatic N) is 1. The SMILES string of the molecule is C[C@@H]1C=CC[C@]2(C)[C@H]3CCC(=O)C[C@]3(C#N)[C@H](O[Si](C)(C)C(C)(C)C)C[C@@H]12. The lowest BCUT2D eigenvalue weighted by Gasteiger charge is -2.62. The molecule has 0 bridgehead atoms. The molecule has 0 heterocycles. The third-order valence-electron chi connectivity index (χ3n) is 8.59. The normalized spacial score (nSPS) is 42.2. The number of nitriles is 1. The molecule has 0 aliphatic heterocycles. The van der Waals surface area contributed by atoms with Crippen molar-refractivity contribution in [2.24, 2.45) is 28.6 Å². The summed E-state index contributed by atoms with van der Waals surface area (Å²) in [4.78, 5) is 12.5. The maximum absolute atomic E-state index is 12.5. The van der Waals surface area contributed by atoms with E-state index in [1.807, 2.05) is 0 Å². The predicted octanol–water partition coefficient (Wildman–Crippen LogP) is 5.88. The van der Waals surface area contributed by atoms with Crippen LogP contribution in [0, 0.1) is 39.9 Å². The highest BCUT2D eigenvalue weighted by atomic mass is 28.4. The zero-order valence-corrected chi connectivity index (χ0v) is 19.3. The van der Waals surface area contributed by atoms with Gasteiger partial charge in [0.25, 0.3) is 0 Å². The summed E-state index contributed by atoms with van der Waals surface area (Å²) in [5.74, 6) is 1.52. The molecule has 0 aromatic rings. The molecule has 0 radical (unpaired) electrons. The van der Waals surface area contributed by atoms with Crippen molar-refractivity contribution in [1.82, 2.24) is 0 Å². The van der Waals surface area contributed by atoms with Crippen molar-refractivity contribution >= 4 is 14.1 Å². The average Bonchev–Trinajstić information content (AvgIpc) is 2.55. The summed E-state index contributed by atoms with van der Waals surface area (Å²) >= 11 is 0. The summed E-state index contributed by atoms with van der Waals surface area (Å²) in [6, 6.07) is 2.70. The minimum Gasteiger partial charge on any atom is -0.412 e. The molecule has 3 aliphatic carbocycles. The van der Waals surface area contributed by atoms with Crippen LogP contribution in [0.25, 0.3) is 0 Å². The van der Waals surface area contributed by atoms with Crippen molar-refractivity contribution in [3.63, 3.8) is 0 Å². The number of allylic oxidation sites excluding steroid dienone is 2. The molecule has 0 saturated heterocycles. The van der Waals surface area contributed by atoms with E-state index in [9.17, 15) is 10.1 Å². The summed E-state index contributed by atoms with van der Waals surface area (Å²) in [6.45, 7) is 16.0. The van der Waals surface area contributed by atoms with Crippen LogP contribution in [0.1, 0.15) is 66.7 Å². The Morgan fingerprint density at radius 1 is 1.33 bits per heavy atom. The van der Waals surface area contributed by atoms with E-state index < -0.39 is 13.7 Å². The maximum Gasteiger partial charge on any atom is 0.192 e. The van der Waals surface area contributed by atoms with Crippen molar-refractivity contribution in [2.75, 3.05) is 0 Å². The number of Topliss-reactive ketones (excluding diaryl/α,β-unsaturated/α-hetero) is 1. The standard InChI is InChI=1S/C23H37NO2Si/c1-16-9-8-12-22(5)18(16)13-20(26-27(6,7)21(2,3)4)23(15-24)14-17(25)10-11-19(22)23/h8-9,16,18-20H,10-14H2,1-7H3/t16-,18+,19-,20-,22+,23-/m1/s1. The summed E-state index contributed by atoms with van der Waals surface area (Å²) in [7, 11) is -2.04. The van der Waals surface area contributed by atoms with Crippen LogP contribution < -0.4 is 0 Å². The van der Waals surface area contributed by atoms with E-state index in [4.69, 9.17) is 4.43 Å². The van der Waals surface area contributed by atoms with Gasteiger partial charge in [0.05, 0.1) is 17.6 Å². The van der Waals surface area contributed by atoms with Crippen LogP contribution in [-0.2, 0) is 9.22 Å². The van der Waals surface area contributed by atoms with Gasteiger partial charge in [0.1, 0.15) is 5.78 Å². The molecule has 3 nitrogen and oxygen atoms in total. The Hall–Kier alpha value is -0.923. The molecular formula is C23H37NO2Si. The van der Waals surface area contributed by atoms with E-state index in [0.717, 1.165) is 19.3 Å². The molecule has 3 aliphatic rings. The fourth-order valence-electron chi connectivity index (χ4n) is 5.98. The lowest BCUT2D eigenvalue weighted by atomic mass is 9.43. The molecular weight excluding hydrogens is 350 g/mol. The van der Waals surface area contributed by atoms with E-state index in [0.29, 0.717) is 24.7 Å². The van der Waals surface area contributed by atoms with Gasteiger partial charge in [-0.15, -0.1) is 0 Å². The quantitative estimate of drug-likeness (QED) is 0.439. The van der Waals surface area contributed by atoms with Crippen LogP contribution in [-0.4, -0.2) is 20.2 Å². The van der Waals surface area contributed by atoms with Crippen LogP contribution in [0.5, 0.6) is 0 Å². The van der Waals surface area contributed by atoms with Crippen LogP contribution in [0.4, 0.5) is 0 Å². The minimum absolute atomic E-state index is 0.0939. The molecule has 27 heavy (non-hydrogen) atoms. The number of hydrogen-bond acceptors (Lipinski definition) is 3. The number of hydrogen-bond donors (Lipinski definition) is 0. The van der Waals surface area contributed by atoms with Crippen molar-refractivity contribution < 1.29 is 9.22 Å². The molecule has 2 fully saturated rings. The highest BCUT2D eigenvalue weighted by molar-refractivity contribution is 6.74. The number of rotatable bonds is 2. The summed E-state index contributed by atoms with van der Waals surface area (Å²) in [6.07, 6.45) is 8.33. The zero-order chi connectivity index (χ0) is 20.3. The molecule has 0 N–H and O–H groups in total. The molecule has 0 unspecified atom stereocenters. The van der Waals surface area contributed by atoms with Crippen LogP contribution in [0.2, 0.25) is 18.1 Å². The van der Waals surface area contributed by atoms with Gasteiger partial charge in [-0.05, 0) is 60.6 Å². The van der Waals surface area contributed by atoms with E-state index in [2.05, 4.69) is 65.9 Å². The largest absolute Gasteiger partial charge is 0.412 e. The molecule has 0 aromatic heterocycles. The second-order valence-corrected chi connectivity index (χ2v) is 15.9. The Bertz CT molecular complexity index is 685. The third-order valence-corrected chi connectivity index (χ3v) is 13.1. The van der Waals surface area contributed by atoms with Crippen molar-refractivity contribution in [2.45, 2.75) is 91.0 Å². The summed E-state index contributed by atoms with van der Waals surface area (Å²) in [5.41, 5.74) is -0.557. The Morgan fingerprint density at radius 3 is 2.59 bits per heavy atom. The fraction of sp³-hybridized carbons (Fsp3) is 0.826. The Balaban J connectivity index is 2.08. The second kappa shape index (κ2) is 6.56. The maximum atomic E-state index is 12.5. The van der Waals surface area contributed by atoms with Crippen molar-refractivity contribution in [1.29, 1.82) is 5.26 Å². The molecule has 150 valence electrons. The van der Waals surface area contributed by atoms with Gasteiger partial charge in [-0.2, -0.15) is 5.26 Å². The zero-order valence-electron chi connectivity index (χ0n) is 18.3. The Morgan fingerprint density at radius 2 is 2.00 bits per heavy atom. The fourth-order valence-corrected chi connectivity index (χ4v) is 7.35. The van der Waals surface area contributed by atoms with Gasteiger partial charge in [-0.3, -0.25) is 4.79 Å². The summed E-state index contributed by atoms with van der Waals surface area (Å²) in [5, 5.41) is 10.5. The molecule has 2 saturated carbocycles. The van der Waals surface area contributed by atoms with Crippen molar-refractivity contribution in [3.05, 3.63) is 12.2 Å². The van der Waals surface area contributed by atoms with E-state index in [1.165, 1.54) is 0 Å². The first-order valence-electron chi connectivity index (χ1n) is 10.6. The number of fused-ring (bicyclic) bond motifs is 3. The smallest absolute Gasteiger partial charge is 0.192 e. The van der Waals surface area contributed by atoms with Gasteiger partial charge in [-0.25, -0.2) is 0 Å². The van der Waals surface area contributed by atoms with E-state index in [-0.39, 0.29) is 28.3 Å². The molecule has 0 amide bonds. The average molecular weight is 388 g/mol. The molecule has 0 aromatic carbocycles. The topological polar surface area (TPSA) is 50.1 Å². The number of carbonyl (C=O) groups is 1. The van der Waals surface area contributed by atoms with Gasteiger partial charge in [0, 0.05) is 12.8 Å². The minimum atomic E-state index is -2.04. The van der Waals surface area contributed by atoms with Crippen LogP contribution >= 0.6 is 0 Å². The molecule has 3 rings (SSSR count). The third kappa shape index (κ3) is 3.15. The highest BCUT2D eigenvalue weighted by Gasteiger charge is 2.64. The van der Waals surface area contributed by atoms with Gasteiger partial charge >= 0.3 is 0 Å². The molecule has 4 heteroatoms. The predicted molar refractivity (Wildman–Crippen MR) is 112 cm³/mol. The molecule has 0 spiro atoms. The number of carbonyl (C=O) groups excluding carboxylic acids is 1. The second-order valence-electron chi connectivity index (χ2n) is 11.2. The lowest BCUT2D eigenvalue weighted by Crippen LogP contribution is -2.63. The van der Waals surface area contributed by atoms with E-state index >= 15 is 0 Å². The van der Waals surface area contributed by atoms with Gasteiger partial charge in [-0.1, -0.05) is 46.8 Å². The first kappa shape index (κ1) is 20.8. The van der Waals surface area contributed by atoms with Crippen molar-refractivity contribution in [3.8, 4) is 6.07 Å². The lowest BCUT2D eigenvalue weighted by molar-refractivity contribution is -0.155. The van der Waals surface area contributed by atoms with Gasteiger partial charge < -0.3 is 4.43 Å². The highest BCUT2D eigenvalue weighted by Crippen LogP contribution is 2.64. The first-order valence-corrected chi connectivity index (χ1v) is 13.6. The summed E-state index contributed by atoms with van der Waals surface area (Å²) < 4.78 is 6.94. The molecule has 6 atom stereocenters. The van der Waals surface area contributed by atoms with Crippen LogP contribution in [0.15, 0.2) is 12.2 Å². The first-order chi connectivity index (χ1) is 12.4. The number of ketones is 1. The van der Waals surface area contributed by atoms with Gasteiger partial charge in [0.2, 0.25) is 0 Å². The van der Waals surface area contributed by atoms with Gasteiger partial charge in [0.15, 0.2) is 8.32 Å². The van der Waals surface area contributed by atoms with Crippen LogP contribution in [0.3, 0.4) is 0 Å². The Labute approximate surface area is 166 Å².